The van der Waals surface area contributed by atoms with Crippen molar-refractivity contribution in [2.75, 3.05) is 23.3 Å². The van der Waals surface area contributed by atoms with Crippen LogP contribution < -0.4 is 20.3 Å². The third-order valence-electron chi connectivity index (χ3n) is 7.13. The molecule has 0 spiro atoms. The van der Waals surface area contributed by atoms with Crippen molar-refractivity contribution in [2.45, 2.75) is 39.3 Å². The molecule has 1 fully saturated rings. The lowest BCUT2D eigenvalue weighted by Gasteiger charge is -2.29. The number of hydrogen-bond donors (Lipinski definition) is 2. The van der Waals surface area contributed by atoms with Crippen molar-refractivity contribution in [3.8, 4) is 11.5 Å². The molecule has 2 aliphatic rings. The molecular formula is C29H29N5O3S. The largest absolute Gasteiger partial charge is 0.457 e. The van der Waals surface area contributed by atoms with Crippen molar-refractivity contribution in [3.05, 3.63) is 71.2 Å². The number of anilines is 3. The standard InChI is InChI=1S/C29H29N5O3S/c1-17(2)33-14-12-19(16-33)31-27(35)26-25-24-23(11-13-30-28(24)38-26)34(29(36)32-25)22-10-9-21(15-18(22)3)37-20-7-5-4-6-8-20/h4-11,13,15,17,19H,12,14,16H2,1-3H3,(H,31,35)(H,32,36)/t19-/m1/s1. The Morgan fingerprint density at radius 3 is 2.68 bits per heavy atom. The second kappa shape index (κ2) is 9.74. The van der Waals surface area contributed by atoms with Gasteiger partial charge in [-0.25, -0.2) is 9.78 Å². The molecule has 0 saturated carbocycles. The number of benzene rings is 2. The van der Waals surface area contributed by atoms with E-state index < -0.39 is 0 Å². The summed E-state index contributed by atoms with van der Waals surface area (Å²) in [7, 11) is 0. The minimum Gasteiger partial charge on any atom is -0.457 e. The first kappa shape index (κ1) is 24.4. The van der Waals surface area contributed by atoms with Gasteiger partial charge in [-0.15, -0.1) is 11.3 Å². The van der Waals surface area contributed by atoms with E-state index in [9.17, 15) is 9.59 Å². The van der Waals surface area contributed by atoms with Crippen LogP contribution >= 0.6 is 11.3 Å². The van der Waals surface area contributed by atoms with E-state index in [0.29, 0.717) is 32.9 Å². The second-order valence-corrected chi connectivity index (χ2v) is 11.0. The lowest BCUT2D eigenvalue weighted by Crippen LogP contribution is -2.39. The zero-order valence-electron chi connectivity index (χ0n) is 21.5. The molecule has 2 aliphatic heterocycles. The van der Waals surface area contributed by atoms with E-state index in [0.717, 1.165) is 41.9 Å². The molecule has 0 bridgehead atoms. The number of likely N-dealkylation sites (tertiary alicyclic amines) is 1. The molecule has 4 heterocycles. The molecule has 1 saturated heterocycles. The van der Waals surface area contributed by atoms with Gasteiger partial charge in [-0.05, 0) is 69.2 Å². The minimum atomic E-state index is -0.316. The fourth-order valence-electron chi connectivity index (χ4n) is 5.18. The molecule has 3 amide bonds. The van der Waals surface area contributed by atoms with Crippen molar-refractivity contribution >= 4 is 50.6 Å². The van der Waals surface area contributed by atoms with Crippen molar-refractivity contribution in [3.63, 3.8) is 0 Å². The van der Waals surface area contributed by atoms with E-state index in [2.05, 4.69) is 34.4 Å². The Morgan fingerprint density at radius 1 is 1.13 bits per heavy atom. The van der Waals surface area contributed by atoms with Gasteiger partial charge in [0.1, 0.15) is 21.2 Å². The quantitative estimate of drug-likeness (QED) is 0.308. The molecule has 194 valence electrons. The first-order valence-electron chi connectivity index (χ1n) is 12.8. The summed E-state index contributed by atoms with van der Waals surface area (Å²) in [6, 6.07) is 17.3. The van der Waals surface area contributed by atoms with Crippen LogP contribution in [0.2, 0.25) is 0 Å². The summed E-state index contributed by atoms with van der Waals surface area (Å²) in [6.07, 6.45) is 2.60. The number of amides is 3. The smallest absolute Gasteiger partial charge is 0.331 e. The number of hydrogen-bond acceptors (Lipinski definition) is 6. The van der Waals surface area contributed by atoms with Crippen LogP contribution in [0.15, 0.2) is 60.8 Å². The number of carbonyl (C=O) groups excluding carboxylic acids is 2. The summed E-state index contributed by atoms with van der Waals surface area (Å²) in [6.45, 7) is 8.08. The van der Waals surface area contributed by atoms with Gasteiger partial charge in [0.25, 0.3) is 5.91 Å². The molecule has 8 nitrogen and oxygen atoms in total. The summed E-state index contributed by atoms with van der Waals surface area (Å²) in [5, 5.41) is 6.95. The first-order valence-corrected chi connectivity index (χ1v) is 13.6. The maximum absolute atomic E-state index is 13.5. The summed E-state index contributed by atoms with van der Waals surface area (Å²) in [4.78, 5) is 36.5. The van der Waals surface area contributed by atoms with Crippen LogP contribution in [0.3, 0.4) is 0 Å². The van der Waals surface area contributed by atoms with Crippen LogP contribution in [0.5, 0.6) is 11.5 Å². The summed E-state index contributed by atoms with van der Waals surface area (Å²) in [5.41, 5.74) is 2.85. The van der Waals surface area contributed by atoms with Crippen LogP contribution in [0.1, 0.15) is 35.5 Å². The Labute approximate surface area is 225 Å². The van der Waals surface area contributed by atoms with E-state index in [-0.39, 0.29) is 18.0 Å². The maximum atomic E-state index is 13.5. The molecule has 0 unspecified atom stereocenters. The van der Waals surface area contributed by atoms with Gasteiger partial charge in [0.05, 0.1) is 22.4 Å². The van der Waals surface area contributed by atoms with Gasteiger partial charge in [0, 0.05) is 31.4 Å². The molecular weight excluding hydrogens is 498 g/mol. The monoisotopic (exact) mass is 527 g/mol. The van der Waals surface area contributed by atoms with Crippen molar-refractivity contribution in [1.29, 1.82) is 0 Å². The fraction of sp³-hybridized carbons (Fsp3) is 0.276. The predicted molar refractivity (Wildman–Crippen MR) is 151 cm³/mol. The Kier molecular flexibility index (Phi) is 6.25. The maximum Gasteiger partial charge on any atom is 0.331 e. The highest BCUT2D eigenvalue weighted by Gasteiger charge is 2.34. The molecule has 2 aromatic carbocycles. The average molecular weight is 528 g/mol. The normalized spacial score (nSPS) is 17.2. The van der Waals surface area contributed by atoms with E-state index in [4.69, 9.17) is 4.74 Å². The Hall–Kier alpha value is -3.95. The van der Waals surface area contributed by atoms with Crippen LogP contribution in [0, 0.1) is 6.92 Å². The first-order chi connectivity index (χ1) is 18.4. The lowest BCUT2D eigenvalue weighted by atomic mass is 10.1. The molecule has 1 atom stereocenters. The molecule has 38 heavy (non-hydrogen) atoms. The molecule has 6 rings (SSSR count). The Bertz CT molecular complexity index is 1530. The highest BCUT2D eigenvalue weighted by molar-refractivity contribution is 7.21. The number of aromatic nitrogens is 1. The minimum absolute atomic E-state index is 0.0878. The topological polar surface area (TPSA) is 86.8 Å². The summed E-state index contributed by atoms with van der Waals surface area (Å²) >= 11 is 1.31. The Morgan fingerprint density at radius 2 is 1.95 bits per heavy atom. The van der Waals surface area contributed by atoms with Crippen molar-refractivity contribution < 1.29 is 14.3 Å². The number of ether oxygens (including phenoxy) is 1. The molecule has 2 aromatic heterocycles. The van der Waals surface area contributed by atoms with Gasteiger partial charge in [-0.2, -0.15) is 0 Å². The third-order valence-corrected chi connectivity index (χ3v) is 8.22. The fourth-order valence-corrected chi connectivity index (χ4v) is 6.20. The average Bonchev–Trinajstić information content (AvgIpc) is 3.52. The van der Waals surface area contributed by atoms with Gasteiger partial charge in [0.2, 0.25) is 0 Å². The molecule has 9 heteroatoms. The molecule has 2 N–H and O–H groups in total. The summed E-state index contributed by atoms with van der Waals surface area (Å²) in [5.74, 6) is 1.26. The van der Waals surface area contributed by atoms with E-state index in [1.165, 1.54) is 11.3 Å². The lowest BCUT2D eigenvalue weighted by molar-refractivity contribution is 0.0941. The van der Waals surface area contributed by atoms with Crippen molar-refractivity contribution in [1.82, 2.24) is 15.2 Å². The van der Waals surface area contributed by atoms with Gasteiger partial charge in [0.15, 0.2) is 0 Å². The zero-order chi connectivity index (χ0) is 26.4. The van der Waals surface area contributed by atoms with Crippen LogP contribution in [-0.2, 0) is 0 Å². The molecule has 0 aliphatic carbocycles. The van der Waals surface area contributed by atoms with E-state index in [1.54, 1.807) is 11.1 Å². The second-order valence-electron chi connectivity index (χ2n) is 9.99. The SMILES string of the molecule is Cc1cc(Oc2ccccc2)ccc1N1C(=O)Nc2c(C(=O)N[C@@H]3CCN(C(C)C)C3)sc3nccc1c23. The zero-order valence-corrected chi connectivity index (χ0v) is 22.3. The van der Waals surface area contributed by atoms with E-state index in [1.807, 2.05) is 61.5 Å². The van der Waals surface area contributed by atoms with Gasteiger partial charge < -0.3 is 15.4 Å². The van der Waals surface area contributed by atoms with E-state index >= 15 is 0 Å². The number of nitrogens with one attached hydrogen (secondary N) is 2. The molecule has 4 aromatic rings. The highest BCUT2D eigenvalue weighted by atomic mass is 32.1. The summed E-state index contributed by atoms with van der Waals surface area (Å²) < 4.78 is 5.97. The van der Waals surface area contributed by atoms with Crippen LogP contribution in [0.25, 0.3) is 10.2 Å². The number of carbonyl (C=O) groups is 2. The number of aryl methyl sites for hydroxylation is 1. The van der Waals surface area contributed by atoms with Gasteiger partial charge >= 0.3 is 6.03 Å². The van der Waals surface area contributed by atoms with Crippen molar-refractivity contribution in [2.24, 2.45) is 0 Å². The predicted octanol–water partition coefficient (Wildman–Crippen LogP) is 6.29. The number of para-hydroxylation sites is 1. The van der Waals surface area contributed by atoms with Crippen LogP contribution in [0.4, 0.5) is 21.9 Å². The van der Waals surface area contributed by atoms with Gasteiger partial charge in [-0.1, -0.05) is 18.2 Å². The van der Waals surface area contributed by atoms with Crippen LogP contribution in [-0.4, -0.2) is 47.0 Å². The third kappa shape index (κ3) is 4.37. The highest BCUT2D eigenvalue weighted by Crippen LogP contribution is 2.46. The number of thiophene rings is 1. The number of nitrogens with zero attached hydrogens (tertiary/aromatic N) is 3. The Balaban J connectivity index is 1.31. The number of rotatable bonds is 6. The number of urea groups is 1. The molecule has 0 radical (unpaired) electrons. The number of pyridine rings is 1. The van der Waals surface area contributed by atoms with Gasteiger partial charge in [-0.3, -0.25) is 14.6 Å².